The van der Waals surface area contributed by atoms with E-state index >= 15 is 0 Å². The summed E-state index contributed by atoms with van der Waals surface area (Å²) in [6.45, 7) is 5.48. The second-order valence-electron chi connectivity index (χ2n) is 5.18. The van der Waals surface area contributed by atoms with Gasteiger partial charge in [0.25, 0.3) is 0 Å². The molecule has 0 saturated carbocycles. The lowest BCUT2D eigenvalue weighted by molar-refractivity contribution is 0.178. The van der Waals surface area contributed by atoms with Gasteiger partial charge in [-0.15, -0.1) is 0 Å². The van der Waals surface area contributed by atoms with Gasteiger partial charge in [-0.2, -0.15) is 0 Å². The third kappa shape index (κ3) is 3.21. The van der Waals surface area contributed by atoms with Crippen molar-refractivity contribution in [1.29, 1.82) is 0 Å². The molecule has 0 radical (unpaired) electrons. The van der Waals surface area contributed by atoms with E-state index in [9.17, 15) is 9.50 Å². The van der Waals surface area contributed by atoms with Gasteiger partial charge in [0, 0.05) is 6.42 Å². The first-order valence-electron chi connectivity index (χ1n) is 6.47. The second kappa shape index (κ2) is 5.54. The van der Waals surface area contributed by atoms with E-state index in [0.717, 1.165) is 11.1 Å². The van der Waals surface area contributed by atoms with Gasteiger partial charge in [0.2, 0.25) is 0 Å². The molecule has 2 aromatic carbocycles. The summed E-state index contributed by atoms with van der Waals surface area (Å²) >= 11 is 0. The zero-order valence-electron chi connectivity index (χ0n) is 11.6. The number of rotatable bonds is 3. The zero-order valence-corrected chi connectivity index (χ0v) is 11.6. The molecule has 0 spiro atoms. The van der Waals surface area contributed by atoms with Crippen molar-refractivity contribution in [2.75, 3.05) is 0 Å². The summed E-state index contributed by atoms with van der Waals surface area (Å²) < 4.78 is 13.6. The monoisotopic (exact) mass is 258 g/mol. The molecule has 2 rings (SSSR count). The lowest BCUT2D eigenvalue weighted by Crippen LogP contribution is -2.04. The van der Waals surface area contributed by atoms with Crippen LogP contribution in [0.5, 0.6) is 0 Å². The first kappa shape index (κ1) is 13.8. The molecule has 0 bridgehead atoms. The molecular weight excluding hydrogens is 239 g/mol. The van der Waals surface area contributed by atoms with E-state index in [1.807, 2.05) is 25.1 Å². The third-order valence-corrected chi connectivity index (χ3v) is 3.36. The third-order valence-electron chi connectivity index (χ3n) is 3.36. The van der Waals surface area contributed by atoms with Crippen LogP contribution in [0.25, 0.3) is 0 Å². The van der Waals surface area contributed by atoms with Crippen molar-refractivity contribution in [2.45, 2.75) is 33.3 Å². The predicted molar refractivity (Wildman–Crippen MR) is 75.7 cm³/mol. The number of aliphatic hydroxyl groups is 1. The Morgan fingerprint density at radius 1 is 1.05 bits per heavy atom. The highest BCUT2D eigenvalue weighted by Gasteiger charge is 2.12. The average Bonchev–Trinajstić information content (AvgIpc) is 2.35. The maximum atomic E-state index is 13.6. The van der Waals surface area contributed by atoms with Gasteiger partial charge in [0.05, 0.1) is 6.10 Å². The molecule has 100 valence electrons. The molecule has 2 heteroatoms. The molecule has 1 N–H and O–H groups in total. The summed E-state index contributed by atoms with van der Waals surface area (Å²) in [5, 5.41) is 10.3. The highest BCUT2D eigenvalue weighted by atomic mass is 19.1. The molecule has 1 unspecified atom stereocenters. The Hall–Kier alpha value is -1.67. The number of halogens is 1. The van der Waals surface area contributed by atoms with Gasteiger partial charge in [-0.25, -0.2) is 4.39 Å². The van der Waals surface area contributed by atoms with Crippen molar-refractivity contribution in [1.82, 2.24) is 0 Å². The summed E-state index contributed by atoms with van der Waals surface area (Å²) in [6, 6.07) is 11.5. The summed E-state index contributed by atoms with van der Waals surface area (Å²) in [5.41, 5.74) is 4.21. The van der Waals surface area contributed by atoms with Crippen molar-refractivity contribution in [3.63, 3.8) is 0 Å². The minimum atomic E-state index is -0.597. The van der Waals surface area contributed by atoms with Gasteiger partial charge in [0.15, 0.2) is 0 Å². The molecule has 0 amide bonds. The Kier molecular flexibility index (Phi) is 4.01. The molecule has 0 aliphatic carbocycles. The van der Waals surface area contributed by atoms with Crippen LogP contribution in [-0.2, 0) is 6.42 Å². The number of hydrogen-bond acceptors (Lipinski definition) is 1. The summed E-state index contributed by atoms with van der Waals surface area (Å²) in [7, 11) is 0. The lowest BCUT2D eigenvalue weighted by atomic mass is 9.97. The van der Waals surface area contributed by atoms with Crippen LogP contribution < -0.4 is 0 Å². The summed E-state index contributed by atoms with van der Waals surface area (Å²) in [6.07, 6.45) is -0.0496. The van der Waals surface area contributed by atoms with Crippen LogP contribution in [0.2, 0.25) is 0 Å². The molecule has 0 aliphatic heterocycles. The van der Waals surface area contributed by atoms with Crippen LogP contribution in [0.15, 0.2) is 36.4 Å². The summed E-state index contributed by atoms with van der Waals surface area (Å²) in [5.74, 6) is -0.188. The van der Waals surface area contributed by atoms with Crippen LogP contribution in [0.4, 0.5) is 4.39 Å². The van der Waals surface area contributed by atoms with Crippen LogP contribution in [0.1, 0.15) is 33.9 Å². The molecule has 1 atom stereocenters. The van der Waals surface area contributed by atoms with Crippen molar-refractivity contribution in [3.8, 4) is 0 Å². The fraction of sp³-hybridized carbons (Fsp3) is 0.294. The normalized spacial score (nSPS) is 12.5. The number of aryl methyl sites for hydroxylation is 3. The van der Waals surface area contributed by atoms with E-state index in [2.05, 4.69) is 6.07 Å². The maximum Gasteiger partial charge on any atom is 0.129 e. The van der Waals surface area contributed by atoms with Gasteiger partial charge in [0.1, 0.15) is 5.82 Å². The first-order valence-corrected chi connectivity index (χ1v) is 6.47. The van der Waals surface area contributed by atoms with Gasteiger partial charge in [-0.1, -0.05) is 42.0 Å². The zero-order chi connectivity index (χ0) is 14.0. The van der Waals surface area contributed by atoms with Crippen molar-refractivity contribution < 1.29 is 9.50 Å². The SMILES string of the molecule is Cc1cccc(CC(O)c2cc(C)c(F)c(C)c2)c1. The molecular formula is C17H19FO. The van der Waals surface area contributed by atoms with E-state index in [1.54, 1.807) is 26.0 Å². The Balaban J connectivity index is 2.23. The van der Waals surface area contributed by atoms with E-state index in [-0.39, 0.29) is 5.82 Å². The lowest BCUT2D eigenvalue weighted by Gasteiger charge is -2.14. The molecule has 0 aromatic heterocycles. The average molecular weight is 258 g/mol. The maximum absolute atomic E-state index is 13.6. The van der Waals surface area contributed by atoms with Gasteiger partial charge in [-0.3, -0.25) is 0 Å². The van der Waals surface area contributed by atoms with Crippen LogP contribution in [-0.4, -0.2) is 5.11 Å². The van der Waals surface area contributed by atoms with E-state index in [4.69, 9.17) is 0 Å². The molecule has 2 aromatic rings. The quantitative estimate of drug-likeness (QED) is 0.881. The predicted octanol–water partition coefficient (Wildman–Crippen LogP) is 4.03. The van der Waals surface area contributed by atoms with Crippen molar-refractivity contribution in [2.24, 2.45) is 0 Å². The topological polar surface area (TPSA) is 20.2 Å². The number of hydrogen-bond donors (Lipinski definition) is 1. The number of aliphatic hydroxyl groups excluding tert-OH is 1. The molecule has 0 fully saturated rings. The van der Waals surface area contributed by atoms with Crippen molar-refractivity contribution in [3.05, 3.63) is 70.0 Å². The molecule has 0 aliphatic rings. The number of benzene rings is 2. The van der Waals surface area contributed by atoms with Crippen LogP contribution >= 0.6 is 0 Å². The van der Waals surface area contributed by atoms with E-state index in [0.29, 0.717) is 17.5 Å². The molecule has 19 heavy (non-hydrogen) atoms. The first-order chi connectivity index (χ1) is 8.97. The Morgan fingerprint density at radius 3 is 2.26 bits per heavy atom. The Morgan fingerprint density at radius 2 is 1.68 bits per heavy atom. The molecule has 0 saturated heterocycles. The fourth-order valence-electron chi connectivity index (χ4n) is 2.35. The molecule has 0 heterocycles. The van der Waals surface area contributed by atoms with Crippen LogP contribution in [0, 0.1) is 26.6 Å². The highest BCUT2D eigenvalue weighted by molar-refractivity contribution is 5.33. The Labute approximate surface area is 113 Å². The smallest absolute Gasteiger partial charge is 0.129 e. The largest absolute Gasteiger partial charge is 0.388 e. The minimum absolute atomic E-state index is 0.188. The van der Waals surface area contributed by atoms with E-state index < -0.39 is 6.10 Å². The van der Waals surface area contributed by atoms with E-state index in [1.165, 1.54) is 5.56 Å². The van der Waals surface area contributed by atoms with Crippen molar-refractivity contribution >= 4 is 0 Å². The van der Waals surface area contributed by atoms with Gasteiger partial charge < -0.3 is 5.11 Å². The van der Waals surface area contributed by atoms with Gasteiger partial charge in [-0.05, 0) is 43.0 Å². The van der Waals surface area contributed by atoms with Crippen LogP contribution in [0.3, 0.4) is 0 Å². The Bertz CT molecular complexity index is 567. The summed E-state index contributed by atoms with van der Waals surface area (Å²) in [4.78, 5) is 0. The fourth-order valence-corrected chi connectivity index (χ4v) is 2.35. The van der Waals surface area contributed by atoms with Gasteiger partial charge >= 0.3 is 0 Å². The minimum Gasteiger partial charge on any atom is -0.388 e. The second-order valence-corrected chi connectivity index (χ2v) is 5.18. The molecule has 1 nitrogen and oxygen atoms in total. The highest BCUT2D eigenvalue weighted by Crippen LogP contribution is 2.23. The standard InChI is InChI=1S/C17H19FO/c1-11-5-4-6-14(7-11)10-16(19)15-8-12(2)17(18)13(3)9-15/h4-9,16,19H,10H2,1-3H3.